The van der Waals surface area contributed by atoms with Crippen LogP contribution in [0.4, 0.5) is 5.82 Å². The van der Waals surface area contributed by atoms with Crippen LogP contribution in [0.2, 0.25) is 0 Å². The summed E-state index contributed by atoms with van der Waals surface area (Å²) >= 11 is 0. The molecule has 2 heterocycles. The van der Waals surface area contributed by atoms with Gasteiger partial charge in [0.2, 0.25) is 10.0 Å². The average Bonchev–Trinajstić information content (AvgIpc) is 2.71. The van der Waals surface area contributed by atoms with Crippen LogP contribution >= 0.6 is 0 Å². The monoisotopic (exact) mass is 459 g/mol. The third kappa shape index (κ3) is 6.27. The maximum absolute atomic E-state index is 12.8. The first-order chi connectivity index (χ1) is 14.9. The third-order valence-electron chi connectivity index (χ3n) is 5.29. The molecule has 0 atom stereocenters. The highest BCUT2D eigenvalue weighted by Gasteiger charge is 2.23. The number of hydrogen-bond donors (Lipinski definition) is 2. The summed E-state index contributed by atoms with van der Waals surface area (Å²) in [4.78, 5) is 22.0. The van der Waals surface area contributed by atoms with E-state index in [9.17, 15) is 13.2 Å². The Morgan fingerprint density at radius 2 is 1.78 bits per heavy atom. The molecule has 0 radical (unpaired) electrons. The van der Waals surface area contributed by atoms with Gasteiger partial charge in [-0.25, -0.2) is 18.1 Å². The van der Waals surface area contributed by atoms with Gasteiger partial charge in [0.15, 0.2) is 0 Å². The van der Waals surface area contributed by atoms with Crippen molar-refractivity contribution >= 4 is 21.7 Å². The second-order valence-electron chi connectivity index (χ2n) is 9.33. The number of aromatic nitrogens is 1. The molecule has 0 aliphatic carbocycles. The van der Waals surface area contributed by atoms with Crippen molar-refractivity contribution in [2.75, 3.05) is 38.1 Å². The number of anilines is 1. The van der Waals surface area contributed by atoms with Crippen molar-refractivity contribution in [2.24, 2.45) is 0 Å². The Kier molecular flexibility index (Phi) is 7.22. The Labute approximate surface area is 191 Å². The van der Waals surface area contributed by atoms with Crippen LogP contribution < -0.4 is 14.9 Å². The molecule has 3 rings (SSSR count). The van der Waals surface area contributed by atoms with Gasteiger partial charge in [-0.05, 0) is 64.1 Å². The molecule has 174 valence electrons. The van der Waals surface area contributed by atoms with E-state index in [1.165, 1.54) is 12.1 Å². The summed E-state index contributed by atoms with van der Waals surface area (Å²) in [6.07, 6.45) is 1.77. The van der Waals surface area contributed by atoms with Gasteiger partial charge in [0.05, 0.1) is 4.90 Å². The van der Waals surface area contributed by atoms with Crippen LogP contribution in [0.1, 0.15) is 42.3 Å². The number of likely N-dealkylation sites (N-methyl/N-ethyl adjacent to an activating group) is 1. The molecule has 0 saturated carbocycles. The Bertz CT molecular complexity index is 1050. The lowest BCUT2D eigenvalue weighted by molar-refractivity contribution is 0.0950. The zero-order valence-electron chi connectivity index (χ0n) is 19.5. The lowest BCUT2D eigenvalue weighted by atomic mass is 10.1. The molecule has 0 spiro atoms. The fourth-order valence-electron chi connectivity index (χ4n) is 3.50. The zero-order valence-corrected chi connectivity index (χ0v) is 20.3. The summed E-state index contributed by atoms with van der Waals surface area (Å²) in [7, 11) is -1.61. The molecule has 32 heavy (non-hydrogen) atoms. The number of nitrogens with one attached hydrogen (secondary N) is 2. The number of aryl methyl sites for hydroxylation is 1. The number of rotatable bonds is 6. The minimum atomic E-state index is -3.72. The molecule has 1 aliphatic heterocycles. The molecular weight excluding hydrogens is 426 g/mol. The molecule has 1 fully saturated rings. The van der Waals surface area contributed by atoms with Crippen LogP contribution in [0, 0.1) is 6.92 Å². The second kappa shape index (κ2) is 9.56. The number of sulfonamides is 1. The smallest absolute Gasteiger partial charge is 0.251 e. The zero-order chi connectivity index (χ0) is 23.5. The van der Waals surface area contributed by atoms with E-state index >= 15 is 0 Å². The minimum absolute atomic E-state index is 0.0707. The predicted octanol–water partition coefficient (Wildman–Crippen LogP) is 2.15. The summed E-state index contributed by atoms with van der Waals surface area (Å²) < 4.78 is 27.9. The average molecular weight is 460 g/mol. The largest absolute Gasteiger partial charge is 0.354 e. The summed E-state index contributed by atoms with van der Waals surface area (Å²) in [5, 5.41) is 2.87. The van der Waals surface area contributed by atoms with Crippen molar-refractivity contribution < 1.29 is 13.2 Å². The van der Waals surface area contributed by atoms with Crippen molar-refractivity contribution in [3.05, 3.63) is 53.2 Å². The fraction of sp³-hybridized carbons (Fsp3) is 0.478. The molecule has 1 saturated heterocycles. The number of nitrogens with zero attached hydrogens (tertiary/aromatic N) is 3. The number of carbonyl (C=O) groups is 1. The van der Waals surface area contributed by atoms with E-state index in [1.807, 2.05) is 12.1 Å². The highest BCUT2D eigenvalue weighted by molar-refractivity contribution is 7.89. The number of hydrogen-bond acceptors (Lipinski definition) is 6. The topological polar surface area (TPSA) is 94.6 Å². The second-order valence-corrected chi connectivity index (χ2v) is 11.0. The molecule has 1 amide bonds. The Hall–Kier alpha value is -2.49. The summed E-state index contributed by atoms with van der Waals surface area (Å²) in [5.74, 6) is 0.617. The first-order valence-corrected chi connectivity index (χ1v) is 12.2. The SMILES string of the molecule is Cc1ccc(S(=O)(=O)NC(C)(C)C)cc1C(=O)NCc1ccc(N2CCN(C)CC2)nc1. The van der Waals surface area contributed by atoms with E-state index in [0.717, 1.165) is 37.6 Å². The maximum atomic E-state index is 12.8. The number of amides is 1. The van der Waals surface area contributed by atoms with Gasteiger partial charge in [-0.15, -0.1) is 0 Å². The van der Waals surface area contributed by atoms with Crippen molar-refractivity contribution in [3.8, 4) is 0 Å². The predicted molar refractivity (Wildman–Crippen MR) is 126 cm³/mol. The lowest BCUT2D eigenvalue weighted by Crippen LogP contribution is -2.44. The fourth-order valence-corrected chi connectivity index (χ4v) is 4.94. The van der Waals surface area contributed by atoms with Crippen LogP contribution in [-0.2, 0) is 16.6 Å². The maximum Gasteiger partial charge on any atom is 0.251 e. The highest BCUT2D eigenvalue weighted by Crippen LogP contribution is 2.18. The molecule has 0 bridgehead atoms. The van der Waals surface area contributed by atoms with Crippen LogP contribution in [0.15, 0.2) is 41.4 Å². The summed E-state index contributed by atoms with van der Waals surface area (Å²) in [6.45, 7) is 11.3. The van der Waals surface area contributed by atoms with Gasteiger partial charge >= 0.3 is 0 Å². The van der Waals surface area contributed by atoms with Crippen LogP contribution in [0.3, 0.4) is 0 Å². The van der Waals surface area contributed by atoms with E-state index in [4.69, 9.17) is 0 Å². The van der Waals surface area contributed by atoms with Gasteiger partial charge in [-0.2, -0.15) is 0 Å². The van der Waals surface area contributed by atoms with E-state index in [1.54, 1.807) is 40.0 Å². The van der Waals surface area contributed by atoms with E-state index < -0.39 is 15.6 Å². The standard InChI is InChI=1S/C23H33N5O3S/c1-17-6-8-19(32(30,31)26-23(2,3)4)14-20(17)22(29)25-16-18-7-9-21(24-15-18)28-12-10-27(5)11-13-28/h6-9,14-15,26H,10-13,16H2,1-5H3,(H,25,29). The van der Waals surface area contributed by atoms with Crippen molar-refractivity contribution in [1.82, 2.24) is 19.9 Å². The van der Waals surface area contributed by atoms with E-state index in [0.29, 0.717) is 17.7 Å². The lowest BCUT2D eigenvalue weighted by Gasteiger charge is -2.33. The number of piperazine rings is 1. The first-order valence-electron chi connectivity index (χ1n) is 10.8. The Morgan fingerprint density at radius 1 is 1.09 bits per heavy atom. The van der Waals surface area contributed by atoms with Crippen molar-refractivity contribution in [2.45, 2.75) is 44.7 Å². The van der Waals surface area contributed by atoms with E-state index in [-0.39, 0.29) is 10.8 Å². The van der Waals surface area contributed by atoms with Gasteiger partial charge in [0.1, 0.15) is 5.82 Å². The Morgan fingerprint density at radius 3 is 2.38 bits per heavy atom. The molecule has 1 aromatic carbocycles. The molecule has 8 nitrogen and oxygen atoms in total. The summed E-state index contributed by atoms with van der Waals surface area (Å²) in [6, 6.07) is 8.53. The van der Waals surface area contributed by atoms with Crippen molar-refractivity contribution in [1.29, 1.82) is 0 Å². The minimum Gasteiger partial charge on any atom is -0.354 e. The molecular formula is C23H33N5O3S. The van der Waals surface area contributed by atoms with Gasteiger partial charge in [0.25, 0.3) is 5.91 Å². The van der Waals surface area contributed by atoms with Gasteiger partial charge < -0.3 is 15.1 Å². The molecule has 9 heteroatoms. The van der Waals surface area contributed by atoms with Gasteiger partial charge in [-0.1, -0.05) is 12.1 Å². The van der Waals surface area contributed by atoms with E-state index in [2.05, 4.69) is 31.9 Å². The molecule has 1 aromatic heterocycles. The quantitative estimate of drug-likeness (QED) is 0.687. The molecule has 2 aromatic rings. The number of carbonyl (C=O) groups excluding carboxylic acids is 1. The normalized spacial score (nSPS) is 15.6. The highest BCUT2D eigenvalue weighted by atomic mass is 32.2. The molecule has 0 unspecified atom stereocenters. The number of benzene rings is 1. The van der Waals surface area contributed by atoms with Crippen molar-refractivity contribution in [3.63, 3.8) is 0 Å². The van der Waals surface area contributed by atoms with Gasteiger partial charge in [-0.3, -0.25) is 4.79 Å². The number of pyridine rings is 1. The van der Waals surface area contributed by atoms with Crippen LogP contribution in [0.25, 0.3) is 0 Å². The van der Waals surface area contributed by atoms with Crippen LogP contribution in [-0.4, -0.2) is 63.0 Å². The molecule has 2 N–H and O–H groups in total. The van der Waals surface area contributed by atoms with Gasteiger partial charge in [0, 0.05) is 50.0 Å². The Balaban J connectivity index is 1.66. The third-order valence-corrected chi connectivity index (χ3v) is 7.05. The first kappa shape index (κ1) is 24.2. The molecule has 1 aliphatic rings. The summed E-state index contributed by atoms with van der Waals surface area (Å²) in [5.41, 5.74) is 1.31. The van der Waals surface area contributed by atoms with Crippen LogP contribution in [0.5, 0.6) is 0 Å².